The fourth-order valence-electron chi connectivity index (χ4n) is 3.54. The summed E-state index contributed by atoms with van der Waals surface area (Å²) in [4.78, 5) is 25.7. The van der Waals surface area contributed by atoms with E-state index in [9.17, 15) is 22.8 Å². The number of nitrogens with one attached hydrogen (secondary N) is 2. The molecule has 1 atom stereocenters. The molecule has 3 aromatic carbocycles. The Labute approximate surface area is 199 Å². The maximum Gasteiger partial charge on any atom is 0.416 e. The number of carbonyl (C=O) groups excluding carboxylic acids is 2. The first-order valence-corrected chi connectivity index (χ1v) is 10.8. The van der Waals surface area contributed by atoms with Crippen LogP contribution in [0.3, 0.4) is 0 Å². The van der Waals surface area contributed by atoms with Crippen LogP contribution in [0, 0.1) is 0 Å². The highest BCUT2D eigenvalue weighted by Gasteiger charge is 2.30. The molecule has 0 spiro atoms. The van der Waals surface area contributed by atoms with Gasteiger partial charge in [0, 0.05) is 5.56 Å². The Morgan fingerprint density at radius 2 is 1.54 bits per heavy atom. The Morgan fingerprint density at radius 1 is 0.829 bits per heavy atom. The quantitative estimate of drug-likeness (QED) is 0.324. The normalized spacial score (nSPS) is 12.1. The highest BCUT2D eigenvalue weighted by atomic mass is 19.4. The van der Waals surface area contributed by atoms with Crippen molar-refractivity contribution in [2.24, 2.45) is 0 Å². The lowest BCUT2D eigenvalue weighted by molar-refractivity contribution is -0.137. The molecule has 4 rings (SSSR count). The number of benzene rings is 3. The van der Waals surface area contributed by atoms with Crippen LogP contribution in [-0.2, 0) is 6.18 Å². The van der Waals surface area contributed by atoms with E-state index in [-0.39, 0.29) is 40.3 Å². The Kier molecular flexibility index (Phi) is 6.73. The highest BCUT2D eigenvalue weighted by Crippen LogP contribution is 2.32. The number of alkyl halides is 3. The van der Waals surface area contributed by atoms with Crippen LogP contribution in [-0.4, -0.2) is 11.8 Å². The average Bonchev–Trinajstić information content (AvgIpc) is 3.35. The van der Waals surface area contributed by atoms with Gasteiger partial charge in [-0.2, -0.15) is 13.2 Å². The molecule has 1 heterocycles. The summed E-state index contributed by atoms with van der Waals surface area (Å²) in [6, 6.07) is 23.1. The molecule has 0 aliphatic carbocycles. The Morgan fingerprint density at radius 3 is 2.29 bits per heavy atom. The molecule has 2 amide bonds. The monoisotopic (exact) mass is 478 g/mol. The molecule has 0 unspecified atom stereocenters. The standard InChI is InChI=1S/C27H21F3N2O3/c1-17(18-8-3-2-4-9-18)31-25(33)21-12-5-6-13-22(21)32-26(34)24-15-14-23(35-24)19-10-7-11-20(16-19)27(28,29)30/h2-17H,1H3,(H,31,33)(H,32,34)/t17-/m1/s1. The number of para-hydroxylation sites is 1. The lowest BCUT2D eigenvalue weighted by Gasteiger charge is -2.16. The predicted molar refractivity (Wildman–Crippen MR) is 126 cm³/mol. The summed E-state index contributed by atoms with van der Waals surface area (Å²) in [6.07, 6.45) is -4.49. The minimum Gasteiger partial charge on any atom is -0.451 e. The summed E-state index contributed by atoms with van der Waals surface area (Å²) in [5.74, 6) is -1.00. The SMILES string of the molecule is C[C@@H](NC(=O)c1ccccc1NC(=O)c1ccc(-c2cccc(C(F)(F)F)c2)o1)c1ccccc1. The molecule has 0 bridgehead atoms. The van der Waals surface area contributed by atoms with Crippen LogP contribution in [0.2, 0.25) is 0 Å². The molecule has 0 aliphatic rings. The van der Waals surface area contributed by atoms with Gasteiger partial charge in [0.25, 0.3) is 11.8 Å². The first-order chi connectivity index (χ1) is 16.7. The Bertz CT molecular complexity index is 1350. The fraction of sp³-hybridized carbons (Fsp3) is 0.111. The number of hydrogen-bond donors (Lipinski definition) is 2. The Hall–Kier alpha value is -4.33. The number of carbonyl (C=O) groups is 2. The number of amides is 2. The zero-order valence-electron chi connectivity index (χ0n) is 18.6. The van der Waals surface area contributed by atoms with E-state index in [0.717, 1.165) is 17.7 Å². The number of anilines is 1. The minimum absolute atomic E-state index is 0.106. The lowest BCUT2D eigenvalue weighted by atomic mass is 10.1. The lowest BCUT2D eigenvalue weighted by Crippen LogP contribution is -2.28. The predicted octanol–water partition coefficient (Wildman–Crippen LogP) is 6.71. The molecule has 4 aromatic rings. The zero-order valence-corrected chi connectivity index (χ0v) is 18.6. The van der Waals surface area contributed by atoms with Crippen molar-refractivity contribution in [3.05, 3.63) is 113 Å². The number of halogens is 3. The molecule has 0 saturated carbocycles. The maximum atomic E-state index is 13.0. The van der Waals surface area contributed by atoms with Crippen LogP contribution < -0.4 is 10.6 Å². The van der Waals surface area contributed by atoms with Crippen molar-refractivity contribution in [1.29, 1.82) is 0 Å². The summed E-state index contributed by atoms with van der Waals surface area (Å²) in [5, 5.41) is 5.55. The van der Waals surface area contributed by atoms with Gasteiger partial charge in [-0.3, -0.25) is 9.59 Å². The second kappa shape index (κ2) is 9.89. The number of hydrogen-bond acceptors (Lipinski definition) is 3. The topological polar surface area (TPSA) is 71.3 Å². The summed E-state index contributed by atoms with van der Waals surface area (Å²) in [6.45, 7) is 1.85. The molecule has 2 N–H and O–H groups in total. The van der Waals surface area contributed by atoms with Crippen LogP contribution >= 0.6 is 0 Å². The molecule has 0 saturated heterocycles. The molecule has 0 radical (unpaired) electrons. The van der Waals surface area contributed by atoms with Crippen LogP contribution in [0.1, 0.15) is 45.0 Å². The third-order valence-electron chi connectivity index (χ3n) is 5.37. The first kappa shape index (κ1) is 23.8. The molecule has 35 heavy (non-hydrogen) atoms. The van der Waals surface area contributed by atoms with Gasteiger partial charge >= 0.3 is 6.18 Å². The molecule has 5 nitrogen and oxygen atoms in total. The van der Waals surface area contributed by atoms with E-state index in [0.29, 0.717) is 0 Å². The molecule has 1 aromatic heterocycles. The number of rotatable bonds is 6. The van der Waals surface area contributed by atoms with E-state index >= 15 is 0 Å². The molecular weight excluding hydrogens is 457 g/mol. The largest absolute Gasteiger partial charge is 0.451 e. The van der Waals surface area contributed by atoms with E-state index in [1.165, 1.54) is 24.3 Å². The summed E-state index contributed by atoms with van der Waals surface area (Å²) < 4.78 is 44.5. The third-order valence-corrected chi connectivity index (χ3v) is 5.37. The van der Waals surface area contributed by atoms with Crippen molar-refractivity contribution in [3.8, 4) is 11.3 Å². The number of furan rings is 1. The highest BCUT2D eigenvalue weighted by molar-refractivity contribution is 6.08. The van der Waals surface area contributed by atoms with Crippen molar-refractivity contribution in [2.75, 3.05) is 5.32 Å². The molecular formula is C27H21F3N2O3. The van der Waals surface area contributed by atoms with Gasteiger partial charge in [-0.05, 0) is 48.9 Å². The third kappa shape index (κ3) is 5.60. The fourth-order valence-corrected chi connectivity index (χ4v) is 3.54. The van der Waals surface area contributed by atoms with E-state index in [1.807, 2.05) is 37.3 Å². The van der Waals surface area contributed by atoms with E-state index < -0.39 is 17.6 Å². The molecule has 0 fully saturated rings. The second-order valence-corrected chi connectivity index (χ2v) is 7.85. The maximum absolute atomic E-state index is 13.0. The second-order valence-electron chi connectivity index (χ2n) is 7.85. The smallest absolute Gasteiger partial charge is 0.416 e. The van der Waals surface area contributed by atoms with E-state index in [1.54, 1.807) is 24.3 Å². The molecule has 0 aliphatic heterocycles. The van der Waals surface area contributed by atoms with Crippen molar-refractivity contribution >= 4 is 17.5 Å². The van der Waals surface area contributed by atoms with Gasteiger partial charge in [-0.15, -0.1) is 0 Å². The molecule has 178 valence electrons. The van der Waals surface area contributed by atoms with Crippen LogP contribution in [0.4, 0.5) is 18.9 Å². The van der Waals surface area contributed by atoms with Gasteiger partial charge in [-0.25, -0.2) is 0 Å². The van der Waals surface area contributed by atoms with Gasteiger partial charge in [0.1, 0.15) is 5.76 Å². The average molecular weight is 478 g/mol. The van der Waals surface area contributed by atoms with Crippen LogP contribution in [0.15, 0.2) is 95.4 Å². The van der Waals surface area contributed by atoms with E-state index in [4.69, 9.17) is 4.42 Å². The summed E-state index contributed by atoms with van der Waals surface area (Å²) >= 11 is 0. The molecule has 8 heteroatoms. The van der Waals surface area contributed by atoms with Crippen molar-refractivity contribution in [2.45, 2.75) is 19.1 Å². The summed E-state index contributed by atoms with van der Waals surface area (Å²) in [5.41, 5.74) is 0.830. The van der Waals surface area contributed by atoms with Gasteiger partial charge in [0.2, 0.25) is 0 Å². The van der Waals surface area contributed by atoms with Crippen molar-refractivity contribution < 1.29 is 27.2 Å². The Balaban J connectivity index is 1.50. The van der Waals surface area contributed by atoms with Gasteiger partial charge in [0.15, 0.2) is 5.76 Å². The van der Waals surface area contributed by atoms with Gasteiger partial charge < -0.3 is 15.1 Å². The van der Waals surface area contributed by atoms with Crippen molar-refractivity contribution in [1.82, 2.24) is 5.32 Å². The van der Waals surface area contributed by atoms with Crippen LogP contribution in [0.5, 0.6) is 0 Å². The van der Waals surface area contributed by atoms with Gasteiger partial charge in [-0.1, -0.05) is 54.6 Å². The zero-order chi connectivity index (χ0) is 25.0. The van der Waals surface area contributed by atoms with Crippen LogP contribution in [0.25, 0.3) is 11.3 Å². The van der Waals surface area contributed by atoms with Gasteiger partial charge in [0.05, 0.1) is 22.9 Å². The summed E-state index contributed by atoms with van der Waals surface area (Å²) in [7, 11) is 0. The first-order valence-electron chi connectivity index (χ1n) is 10.8. The minimum atomic E-state index is -4.49. The van der Waals surface area contributed by atoms with Crippen molar-refractivity contribution in [3.63, 3.8) is 0 Å². The van der Waals surface area contributed by atoms with E-state index in [2.05, 4.69) is 10.6 Å².